The average Bonchev–Trinajstić information content (AvgIpc) is 1.81. The van der Waals surface area contributed by atoms with E-state index in [0.29, 0.717) is 0 Å². The predicted molar refractivity (Wildman–Crippen MR) is 72.3 cm³/mol. The van der Waals surface area contributed by atoms with Crippen LogP contribution >= 0.6 is 25.3 Å². The summed E-state index contributed by atoms with van der Waals surface area (Å²) in [7, 11) is -2.39. The summed E-state index contributed by atoms with van der Waals surface area (Å²) in [6.45, 7) is 14.4. The topological polar surface area (TPSA) is 0 Å². The first-order valence-electron chi connectivity index (χ1n) is 4.39. The van der Waals surface area contributed by atoms with Gasteiger partial charge >= 0.3 is 0 Å². The van der Waals surface area contributed by atoms with Crippen LogP contribution in [0.2, 0.25) is 39.3 Å². The van der Waals surface area contributed by atoms with Gasteiger partial charge in [0.25, 0.3) is 0 Å². The van der Waals surface area contributed by atoms with Gasteiger partial charge in [-0.15, -0.1) is 0 Å². The maximum absolute atomic E-state index is 4.93. The fraction of sp³-hybridized carbons (Fsp3) is 1.00. The summed E-state index contributed by atoms with van der Waals surface area (Å²) in [4.78, 5) is 0. The Morgan fingerprint density at radius 3 is 1.17 bits per heavy atom. The van der Waals surface area contributed by atoms with Crippen LogP contribution in [0.3, 0.4) is 0 Å². The van der Waals surface area contributed by atoms with Gasteiger partial charge in [0.05, 0.1) is 16.1 Å². The zero-order valence-electron chi connectivity index (χ0n) is 9.10. The quantitative estimate of drug-likeness (QED) is 0.547. The number of rotatable bonds is 3. The van der Waals surface area contributed by atoms with Crippen molar-refractivity contribution in [1.29, 1.82) is 0 Å². The molecule has 0 nitrogen and oxygen atoms in total. The van der Waals surface area contributed by atoms with E-state index in [-0.39, 0.29) is 3.99 Å². The minimum atomic E-state index is -1.20. The molecule has 0 aliphatic rings. The molecule has 12 heavy (non-hydrogen) atoms. The van der Waals surface area contributed by atoms with Gasteiger partial charge < -0.3 is 0 Å². The lowest BCUT2D eigenvalue weighted by Crippen LogP contribution is -2.64. The van der Waals surface area contributed by atoms with Gasteiger partial charge in [-0.2, -0.15) is 25.3 Å². The number of hydrogen-bond acceptors (Lipinski definition) is 2. The van der Waals surface area contributed by atoms with Crippen molar-refractivity contribution in [3.63, 3.8) is 0 Å². The first-order chi connectivity index (χ1) is 5.06. The Balaban J connectivity index is 4.95. The van der Waals surface area contributed by atoms with E-state index in [1.54, 1.807) is 0 Å². The molecule has 0 aliphatic carbocycles. The second kappa shape index (κ2) is 3.71. The molecule has 0 aromatic heterocycles. The molecule has 0 atom stereocenters. The van der Waals surface area contributed by atoms with Gasteiger partial charge in [-0.3, -0.25) is 0 Å². The fourth-order valence-electron chi connectivity index (χ4n) is 1.60. The SMILES string of the molecule is C[Si](C)(C)C(S)(CS)[Si](C)(C)C. The lowest BCUT2D eigenvalue weighted by Gasteiger charge is -2.47. The molecule has 0 aliphatic heterocycles. The second-order valence-corrected chi connectivity index (χ2v) is 18.6. The normalized spacial score (nSPS) is 15.0. The van der Waals surface area contributed by atoms with Crippen LogP contribution in [0.25, 0.3) is 0 Å². The van der Waals surface area contributed by atoms with E-state index in [9.17, 15) is 0 Å². The largest absolute Gasteiger partial charge is 0.179 e. The summed E-state index contributed by atoms with van der Waals surface area (Å²) >= 11 is 9.41. The van der Waals surface area contributed by atoms with E-state index in [2.05, 4.69) is 51.9 Å². The van der Waals surface area contributed by atoms with Crippen molar-refractivity contribution >= 4 is 41.4 Å². The van der Waals surface area contributed by atoms with Gasteiger partial charge in [-0.25, -0.2) is 0 Å². The van der Waals surface area contributed by atoms with Crippen molar-refractivity contribution in [2.24, 2.45) is 0 Å². The number of thiol groups is 2. The molecule has 0 aromatic rings. The highest BCUT2D eigenvalue weighted by Crippen LogP contribution is 2.37. The van der Waals surface area contributed by atoms with E-state index >= 15 is 0 Å². The third-order valence-corrected chi connectivity index (χ3v) is 18.0. The summed E-state index contributed by atoms with van der Waals surface area (Å²) in [5, 5.41) is 0. The Hall–Kier alpha value is 1.13. The monoisotopic (exact) mass is 238 g/mol. The lowest BCUT2D eigenvalue weighted by atomic mass is 10.9. The minimum Gasteiger partial charge on any atom is -0.179 e. The smallest absolute Gasteiger partial charge is 0.0598 e. The number of hydrogen-bond donors (Lipinski definition) is 2. The fourth-order valence-corrected chi connectivity index (χ4v) is 14.4. The highest BCUT2D eigenvalue weighted by molar-refractivity contribution is 7.89. The van der Waals surface area contributed by atoms with Crippen LogP contribution in [-0.2, 0) is 0 Å². The molecule has 0 spiro atoms. The van der Waals surface area contributed by atoms with Gasteiger partial charge in [0.1, 0.15) is 0 Å². The molecular formula is C8H22S2Si2. The van der Waals surface area contributed by atoms with Gasteiger partial charge in [0.2, 0.25) is 0 Å². The lowest BCUT2D eigenvalue weighted by molar-refractivity contribution is 1.14. The Bertz CT molecular complexity index is 141. The first kappa shape index (κ1) is 13.1. The molecule has 0 heterocycles. The summed E-state index contributed by atoms with van der Waals surface area (Å²) in [6, 6.07) is 0. The second-order valence-electron chi connectivity index (χ2n) is 5.52. The molecule has 0 rings (SSSR count). The van der Waals surface area contributed by atoms with E-state index in [4.69, 9.17) is 12.6 Å². The van der Waals surface area contributed by atoms with Crippen molar-refractivity contribution < 1.29 is 0 Å². The molecular weight excluding hydrogens is 216 g/mol. The molecule has 0 bridgehead atoms. The molecule has 0 amide bonds. The Kier molecular flexibility index (Phi) is 4.06. The van der Waals surface area contributed by atoms with Crippen molar-refractivity contribution in [2.75, 3.05) is 5.75 Å². The van der Waals surface area contributed by atoms with Crippen LogP contribution in [0.4, 0.5) is 0 Å². The van der Waals surface area contributed by atoms with Gasteiger partial charge in [0.15, 0.2) is 0 Å². The van der Waals surface area contributed by atoms with Crippen LogP contribution in [0.15, 0.2) is 0 Å². The summed E-state index contributed by atoms with van der Waals surface area (Å²) in [5.74, 6) is 0.932. The summed E-state index contributed by atoms with van der Waals surface area (Å²) < 4.78 is 0.253. The molecule has 4 heteroatoms. The molecule has 0 N–H and O–H groups in total. The van der Waals surface area contributed by atoms with E-state index in [1.165, 1.54) is 0 Å². The molecule has 0 fully saturated rings. The third kappa shape index (κ3) is 2.33. The maximum Gasteiger partial charge on any atom is 0.0598 e. The van der Waals surface area contributed by atoms with Crippen molar-refractivity contribution in [1.82, 2.24) is 0 Å². The Morgan fingerprint density at radius 2 is 1.17 bits per heavy atom. The molecule has 0 unspecified atom stereocenters. The maximum atomic E-state index is 4.93. The van der Waals surface area contributed by atoms with Gasteiger partial charge in [-0.05, 0) is 5.75 Å². The average molecular weight is 239 g/mol. The highest BCUT2D eigenvalue weighted by atomic mass is 32.1. The molecule has 74 valence electrons. The van der Waals surface area contributed by atoms with Crippen LogP contribution in [0.5, 0.6) is 0 Å². The third-order valence-electron chi connectivity index (χ3n) is 2.71. The highest BCUT2D eigenvalue weighted by Gasteiger charge is 2.48. The van der Waals surface area contributed by atoms with Crippen LogP contribution in [0, 0.1) is 0 Å². The molecule has 0 aromatic carbocycles. The first-order valence-corrected chi connectivity index (χ1v) is 12.5. The standard InChI is InChI=1S/C8H22S2Si2/c1-11(2,3)8(10,7-9)12(4,5)6/h9-10H,7H2,1-6H3. The van der Waals surface area contributed by atoms with E-state index < -0.39 is 16.1 Å². The molecule has 0 saturated carbocycles. The Morgan fingerprint density at radius 1 is 0.917 bits per heavy atom. The predicted octanol–water partition coefficient (Wildman–Crippen LogP) is 3.34. The van der Waals surface area contributed by atoms with Crippen molar-refractivity contribution in [2.45, 2.75) is 43.3 Å². The molecule has 0 radical (unpaired) electrons. The van der Waals surface area contributed by atoms with Crippen LogP contribution in [0.1, 0.15) is 0 Å². The van der Waals surface area contributed by atoms with Crippen molar-refractivity contribution in [3.05, 3.63) is 0 Å². The van der Waals surface area contributed by atoms with Crippen LogP contribution in [-0.4, -0.2) is 25.9 Å². The van der Waals surface area contributed by atoms with Gasteiger partial charge in [-0.1, -0.05) is 39.3 Å². The van der Waals surface area contributed by atoms with Crippen LogP contribution < -0.4 is 0 Å². The summed E-state index contributed by atoms with van der Waals surface area (Å²) in [5.41, 5.74) is 0. The zero-order valence-corrected chi connectivity index (χ0v) is 12.9. The molecule has 0 saturated heterocycles. The summed E-state index contributed by atoms with van der Waals surface area (Å²) in [6.07, 6.45) is 0. The van der Waals surface area contributed by atoms with E-state index in [1.807, 2.05) is 0 Å². The zero-order chi connectivity index (χ0) is 10.2. The minimum absolute atomic E-state index is 0.253. The van der Waals surface area contributed by atoms with Crippen molar-refractivity contribution in [3.8, 4) is 0 Å². The van der Waals surface area contributed by atoms with Gasteiger partial charge in [0, 0.05) is 3.99 Å². The Labute approximate surface area is 90.4 Å². The van der Waals surface area contributed by atoms with E-state index in [0.717, 1.165) is 5.75 Å².